The number of nitrogens with zero attached hydrogens (tertiary/aromatic N) is 2. The molecule has 1 aliphatic carbocycles. The zero-order valence-corrected chi connectivity index (χ0v) is 13.3. The van der Waals surface area contributed by atoms with Crippen LogP contribution >= 0.6 is 11.3 Å². The largest absolute Gasteiger partial charge is 0.397 e. The van der Waals surface area contributed by atoms with Crippen LogP contribution in [0, 0.1) is 0 Å². The number of ketones is 1. The molecule has 2 fully saturated rings. The summed E-state index contributed by atoms with van der Waals surface area (Å²) >= 11 is 1.61. The van der Waals surface area contributed by atoms with Crippen molar-refractivity contribution in [3.8, 4) is 0 Å². The Morgan fingerprint density at radius 3 is 2.60 bits per heavy atom. The second kappa shape index (κ2) is 5.04. The van der Waals surface area contributed by atoms with Crippen molar-refractivity contribution >= 4 is 27.8 Å². The quantitative estimate of drug-likeness (QED) is 0.870. The summed E-state index contributed by atoms with van der Waals surface area (Å²) in [6.45, 7) is 7.04. The number of nitrogen functional groups attached to an aromatic ring is 1. The van der Waals surface area contributed by atoms with Crippen molar-refractivity contribution in [3.05, 3.63) is 10.4 Å². The van der Waals surface area contributed by atoms with Crippen molar-refractivity contribution in [3.63, 3.8) is 0 Å². The molecule has 2 aliphatic rings. The van der Waals surface area contributed by atoms with Crippen LogP contribution in [0.15, 0.2) is 0 Å². The normalized spacial score (nSPS) is 24.1. The minimum atomic E-state index is 0.0995. The van der Waals surface area contributed by atoms with E-state index in [0.717, 1.165) is 30.2 Å². The van der Waals surface area contributed by atoms with E-state index < -0.39 is 0 Å². The molecule has 4 nitrogen and oxygen atoms in total. The second-order valence-electron chi connectivity index (χ2n) is 6.20. The third-order valence-corrected chi connectivity index (χ3v) is 5.72. The highest BCUT2D eigenvalue weighted by molar-refractivity contribution is 7.18. The first-order chi connectivity index (χ1) is 9.49. The summed E-state index contributed by atoms with van der Waals surface area (Å²) in [5.41, 5.74) is 8.29. The van der Waals surface area contributed by atoms with Gasteiger partial charge in [-0.2, -0.15) is 0 Å². The first-order valence-electron chi connectivity index (χ1n) is 7.37. The number of carbonyl (C=O) groups excluding carboxylic acids is 1. The van der Waals surface area contributed by atoms with E-state index in [1.807, 2.05) is 0 Å². The van der Waals surface area contributed by atoms with Gasteiger partial charge in [-0.05, 0) is 32.7 Å². The van der Waals surface area contributed by atoms with Crippen LogP contribution in [0.4, 0.5) is 10.7 Å². The molecule has 110 valence electrons. The molecule has 2 heterocycles. The molecule has 0 spiro atoms. The highest BCUT2D eigenvalue weighted by Crippen LogP contribution is 2.52. The first kappa shape index (κ1) is 13.9. The molecule has 1 aromatic heterocycles. The molecule has 0 amide bonds. The molecule has 0 aromatic carbocycles. The van der Waals surface area contributed by atoms with Crippen molar-refractivity contribution < 1.29 is 4.79 Å². The molecular formula is C15H23N3OS. The number of likely N-dealkylation sites (N-methyl/N-ethyl adjacent to an activating group) is 1. The summed E-state index contributed by atoms with van der Waals surface area (Å²) < 4.78 is 0. The minimum Gasteiger partial charge on any atom is -0.397 e. The molecule has 5 heteroatoms. The molecule has 1 saturated carbocycles. The van der Waals surface area contributed by atoms with Crippen LogP contribution in [0.1, 0.15) is 47.8 Å². The van der Waals surface area contributed by atoms with Crippen LogP contribution in [-0.4, -0.2) is 43.4 Å². The molecule has 1 saturated heterocycles. The summed E-state index contributed by atoms with van der Waals surface area (Å²) in [5.74, 6) is 0.684. The molecule has 20 heavy (non-hydrogen) atoms. The predicted molar refractivity (Wildman–Crippen MR) is 85.0 cm³/mol. The van der Waals surface area contributed by atoms with E-state index in [0.29, 0.717) is 12.0 Å². The Kier molecular flexibility index (Phi) is 3.50. The Morgan fingerprint density at radius 2 is 2.05 bits per heavy atom. The van der Waals surface area contributed by atoms with Crippen LogP contribution < -0.4 is 10.6 Å². The van der Waals surface area contributed by atoms with Crippen LogP contribution in [0.2, 0.25) is 0 Å². The van der Waals surface area contributed by atoms with Crippen molar-refractivity contribution in [2.75, 3.05) is 37.3 Å². The number of anilines is 2. The van der Waals surface area contributed by atoms with E-state index in [2.05, 4.69) is 23.8 Å². The molecule has 3 rings (SSSR count). The Balaban J connectivity index is 1.99. The maximum atomic E-state index is 11.8. The van der Waals surface area contributed by atoms with Gasteiger partial charge in [0, 0.05) is 38.2 Å². The number of Topliss-reactive ketones (excluding diaryl/α,β-unsaturated/α-hetero) is 1. The standard InChI is InChI=1S/C15H23N3OS/c1-9-8-17(3)6-7-18(9)15-12(11-4-5-11)13(16)14(20-15)10(2)19/h9,11H,4-8,16H2,1-3H3. The number of piperazine rings is 1. The topological polar surface area (TPSA) is 49.6 Å². The van der Waals surface area contributed by atoms with Gasteiger partial charge in [0.2, 0.25) is 0 Å². The smallest absolute Gasteiger partial charge is 0.171 e. The number of hydrogen-bond donors (Lipinski definition) is 1. The highest BCUT2D eigenvalue weighted by Gasteiger charge is 2.35. The molecular weight excluding hydrogens is 270 g/mol. The fourth-order valence-electron chi connectivity index (χ4n) is 3.13. The van der Waals surface area contributed by atoms with Crippen molar-refractivity contribution in [2.45, 2.75) is 38.6 Å². The Bertz CT molecular complexity index is 535. The van der Waals surface area contributed by atoms with E-state index in [1.54, 1.807) is 18.3 Å². The third-order valence-electron chi connectivity index (χ3n) is 4.36. The number of nitrogens with two attached hydrogens (primary N) is 1. The number of thiophene rings is 1. The maximum Gasteiger partial charge on any atom is 0.171 e. The summed E-state index contributed by atoms with van der Waals surface area (Å²) in [7, 11) is 2.17. The lowest BCUT2D eigenvalue weighted by atomic mass is 10.1. The van der Waals surface area contributed by atoms with Gasteiger partial charge >= 0.3 is 0 Å². The van der Waals surface area contributed by atoms with Gasteiger partial charge in [-0.3, -0.25) is 4.79 Å². The van der Waals surface area contributed by atoms with Crippen molar-refractivity contribution in [1.29, 1.82) is 0 Å². The molecule has 0 bridgehead atoms. The van der Waals surface area contributed by atoms with Crippen molar-refractivity contribution in [1.82, 2.24) is 4.90 Å². The Labute approximate surface area is 124 Å². The van der Waals surface area contributed by atoms with Crippen LogP contribution in [0.5, 0.6) is 0 Å². The summed E-state index contributed by atoms with van der Waals surface area (Å²) in [6, 6.07) is 0.476. The fourth-order valence-corrected chi connectivity index (χ4v) is 4.46. The van der Waals surface area contributed by atoms with Crippen molar-refractivity contribution in [2.24, 2.45) is 0 Å². The van der Waals surface area contributed by atoms with Gasteiger partial charge in [0.1, 0.15) is 0 Å². The summed E-state index contributed by atoms with van der Waals surface area (Å²) in [5, 5.41) is 1.26. The Morgan fingerprint density at radius 1 is 1.35 bits per heavy atom. The van der Waals surface area contributed by atoms with Gasteiger partial charge < -0.3 is 15.5 Å². The maximum absolute atomic E-state index is 11.8. The van der Waals surface area contributed by atoms with Gasteiger partial charge in [-0.25, -0.2) is 0 Å². The monoisotopic (exact) mass is 293 g/mol. The molecule has 1 unspecified atom stereocenters. The zero-order chi connectivity index (χ0) is 14.4. The lowest BCUT2D eigenvalue weighted by Gasteiger charge is -2.39. The lowest BCUT2D eigenvalue weighted by Crippen LogP contribution is -2.50. The second-order valence-corrected chi connectivity index (χ2v) is 7.20. The molecule has 1 aliphatic heterocycles. The Hall–Kier alpha value is -1.07. The average molecular weight is 293 g/mol. The van der Waals surface area contributed by atoms with E-state index >= 15 is 0 Å². The van der Waals surface area contributed by atoms with E-state index in [1.165, 1.54) is 23.4 Å². The molecule has 1 atom stereocenters. The van der Waals surface area contributed by atoms with Gasteiger partial charge in [0.05, 0.1) is 15.6 Å². The summed E-state index contributed by atoms with van der Waals surface area (Å²) in [6.07, 6.45) is 2.43. The van der Waals surface area contributed by atoms with Gasteiger partial charge in [-0.1, -0.05) is 0 Å². The SMILES string of the molecule is CC(=O)c1sc(N2CCN(C)CC2C)c(C2CC2)c1N. The highest BCUT2D eigenvalue weighted by atomic mass is 32.1. The zero-order valence-electron chi connectivity index (χ0n) is 12.5. The summed E-state index contributed by atoms with van der Waals surface area (Å²) in [4.78, 5) is 17.4. The van der Waals surface area contributed by atoms with E-state index in [4.69, 9.17) is 5.73 Å². The minimum absolute atomic E-state index is 0.0995. The predicted octanol–water partition coefficient (Wildman–Crippen LogP) is 2.55. The molecule has 2 N–H and O–H groups in total. The van der Waals surface area contributed by atoms with E-state index in [-0.39, 0.29) is 5.78 Å². The number of rotatable bonds is 3. The van der Waals surface area contributed by atoms with Gasteiger partial charge in [0.25, 0.3) is 0 Å². The van der Waals surface area contributed by atoms with Crippen LogP contribution in [0.25, 0.3) is 0 Å². The molecule has 0 radical (unpaired) electrons. The third kappa shape index (κ3) is 2.33. The molecule has 1 aromatic rings. The van der Waals surface area contributed by atoms with Crippen LogP contribution in [-0.2, 0) is 0 Å². The average Bonchev–Trinajstić information content (AvgIpc) is 3.13. The first-order valence-corrected chi connectivity index (χ1v) is 8.19. The fraction of sp³-hybridized carbons (Fsp3) is 0.667. The van der Waals surface area contributed by atoms with Crippen LogP contribution in [0.3, 0.4) is 0 Å². The number of hydrogen-bond acceptors (Lipinski definition) is 5. The number of carbonyl (C=O) groups is 1. The van der Waals surface area contributed by atoms with Gasteiger partial charge in [-0.15, -0.1) is 11.3 Å². The van der Waals surface area contributed by atoms with E-state index in [9.17, 15) is 4.79 Å². The lowest BCUT2D eigenvalue weighted by molar-refractivity contribution is 0.102. The van der Waals surface area contributed by atoms with Gasteiger partial charge in [0.15, 0.2) is 5.78 Å².